The van der Waals surface area contributed by atoms with E-state index in [1.807, 2.05) is 58.3 Å². The lowest BCUT2D eigenvalue weighted by Crippen LogP contribution is -2.46. The second-order valence-electron chi connectivity index (χ2n) is 7.30. The number of amides is 2. The van der Waals surface area contributed by atoms with Crippen LogP contribution in [-0.4, -0.2) is 40.4 Å². The van der Waals surface area contributed by atoms with Gasteiger partial charge in [0.05, 0.1) is 10.6 Å². The zero-order chi connectivity index (χ0) is 21.1. The molecule has 1 aliphatic rings. The van der Waals surface area contributed by atoms with Crippen LogP contribution >= 0.6 is 23.2 Å². The molecule has 1 aromatic heterocycles. The summed E-state index contributed by atoms with van der Waals surface area (Å²) in [5.41, 5.74) is 2.09. The molecule has 1 aliphatic heterocycles. The molecule has 1 N–H and O–H groups in total. The Kier molecular flexibility index (Phi) is 6.11. The summed E-state index contributed by atoms with van der Waals surface area (Å²) in [7, 11) is 0. The topological polar surface area (TPSA) is 54.3 Å². The molecule has 0 radical (unpaired) electrons. The summed E-state index contributed by atoms with van der Waals surface area (Å²) in [5, 5.41) is 3.83. The van der Waals surface area contributed by atoms with Gasteiger partial charge in [0, 0.05) is 47.8 Å². The first-order valence-corrected chi connectivity index (χ1v) is 10.6. The highest BCUT2D eigenvalue weighted by Crippen LogP contribution is 2.22. The third kappa shape index (κ3) is 4.53. The second kappa shape index (κ2) is 8.94. The molecule has 2 heterocycles. The van der Waals surface area contributed by atoms with Crippen LogP contribution in [0.4, 0.5) is 0 Å². The summed E-state index contributed by atoms with van der Waals surface area (Å²) in [5.74, 6) is -0.207. The molecule has 3 aromatic rings. The van der Waals surface area contributed by atoms with Crippen LogP contribution in [0.15, 0.2) is 67.0 Å². The Morgan fingerprint density at radius 3 is 2.23 bits per heavy atom. The molecule has 30 heavy (non-hydrogen) atoms. The Labute approximate surface area is 185 Å². The van der Waals surface area contributed by atoms with Gasteiger partial charge in [-0.3, -0.25) is 9.59 Å². The van der Waals surface area contributed by atoms with Gasteiger partial charge in [-0.05, 0) is 67.4 Å². The molecule has 0 unspecified atom stereocenters. The van der Waals surface area contributed by atoms with Gasteiger partial charge in [-0.25, -0.2) is 0 Å². The summed E-state index contributed by atoms with van der Waals surface area (Å²) in [6, 6.07) is 16.3. The molecule has 4 rings (SSSR count). The van der Waals surface area contributed by atoms with E-state index in [0.29, 0.717) is 47.1 Å². The number of nitrogens with zero attached hydrogens (tertiary/aromatic N) is 2. The first kappa shape index (κ1) is 20.5. The number of hydrogen-bond acceptors (Lipinski definition) is 2. The van der Waals surface area contributed by atoms with Gasteiger partial charge in [0.15, 0.2) is 0 Å². The van der Waals surface area contributed by atoms with E-state index < -0.39 is 0 Å². The van der Waals surface area contributed by atoms with E-state index in [1.54, 1.807) is 18.2 Å². The fourth-order valence-corrected chi connectivity index (χ4v) is 4.12. The van der Waals surface area contributed by atoms with Crippen molar-refractivity contribution in [2.45, 2.75) is 18.9 Å². The maximum Gasteiger partial charge on any atom is 0.253 e. The minimum Gasteiger partial charge on any atom is -0.349 e. The summed E-state index contributed by atoms with van der Waals surface area (Å²) >= 11 is 12.0. The standard InChI is InChI=1S/C23H21Cl2N3O2/c24-17-5-8-20(21(25)15-17)22(29)26-18-9-13-28(14-10-18)23(30)16-3-6-19(7-4-16)27-11-1-2-12-27/h1-8,11-12,15,18H,9-10,13-14H2,(H,26,29). The van der Waals surface area contributed by atoms with Crippen molar-refractivity contribution in [2.24, 2.45) is 0 Å². The van der Waals surface area contributed by atoms with Crippen LogP contribution < -0.4 is 5.32 Å². The third-order valence-electron chi connectivity index (χ3n) is 5.31. The van der Waals surface area contributed by atoms with E-state index in [1.165, 1.54) is 0 Å². The van der Waals surface area contributed by atoms with E-state index in [-0.39, 0.29) is 17.9 Å². The fraction of sp³-hybridized carbons (Fsp3) is 0.217. The van der Waals surface area contributed by atoms with Crippen LogP contribution in [0, 0.1) is 0 Å². The number of halogens is 2. The molecule has 0 aliphatic carbocycles. The minimum atomic E-state index is -0.220. The predicted octanol–water partition coefficient (Wildman–Crippen LogP) is 4.82. The smallest absolute Gasteiger partial charge is 0.253 e. The lowest BCUT2D eigenvalue weighted by molar-refractivity contribution is 0.0698. The Bertz CT molecular complexity index is 1040. The molecule has 2 aromatic carbocycles. The average Bonchev–Trinajstić information content (AvgIpc) is 3.29. The van der Waals surface area contributed by atoms with Crippen molar-refractivity contribution in [1.29, 1.82) is 0 Å². The highest BCUT2D eigenvalue weighted by atomic mass is 35.5. The molecule has 7 heteroatoms. The lowest BCUT2D eigenvalue weighted by Gasteiger charge is -2.32. The van der Waals surface area contributed by atoms with E-state index in [0.717, 1.165) is 5.69 Å². The number of rotatable bonds is 4. The van der Waals surface area contributed by atoms with Crippen molar-refractivity contribution in [3.05, 3.63) is 88.2 Å². The van der Waals surface area contributed by atoms with Crippen molar-refractivity contribution in [3.8, 4) is 5.69 Å². The quantitative estimate of drug-likeness (QED) is 0.630. The SMILES string of the molecule is O=C(NC1CCN(C(=O)c2ccc(-n3cccc3)cc2)CC1)c1ccc(Cl)cc1Cl. The molecule has 0 spiro atoms. The van der Waals surface area contributed by atoms with Crippen molar-refractivity contribution in [1.82, 2.24) is 14.8 Å². The number of hydrogen-bond donors (Lipinski definition) is 1. The molecule has 1 fully saturated rings. The maximum atomic E-state index is 12.8. The molecule has 154 valence electrons. The number of carbonyl (C=O) groups is 2. The highest BCUT2D eigenvalue weighted by Gasteiger charge is 2.25. The third-order valence-corrected chi connectivity index (χ3v) is 5.86. The number of piperidine rings is 1. The molecule has 0 atom stereocenters. The van der Waals surface area contributed by atoms with Gasteiger partial charge >= 0.3 is 0 Å². The molecule has 0 bridgehead atoms. The summed E-state index contributed by atoms with van der Waals surface area (Å²) in [4.78, 5) is 27.2. The van der Waals surface area contributed by atoms with Crippen molar-refractivity contribution >= 4 is 35.0 Å². The molecular formula is C23H21Cl2N3O2. The van der Waals surface area contributed by atoms with Gasteiger partial charge in [-0.15, -0.1) is 0 Å². The molecule has 2 amide bonds. The van der Waals surface area contributed by atoms with Gasteiger partial charge in [0.1, 0.15) is 0 Å². The van der Waals surface area contributed by atoms with Crippen LogP contribution in [0.3, 0.4) is 0 Å². The Morgan fingerprint density at radius 2 is 1.60 bits per heavy atom. The van der Waals surface area contributed by atoms with E-state index in [4.69, 9.17) is 23.2 Å². The van der Waals surface area contributed by atoms with Gasteiger partial charge in [0.2, 0.25) is 0 Å². The van der Waals surface area contributed by atoms with Crippen molar-refractivity contribution in [2.75, 3.05) is 13.1 Å². The molecule has 0 saturated carbocycles. The van der Waals surface area contributed by atoms with Gasteiger partial charge in [0.25, 0.3) is 11.8 Å². The normalized spacial score (nSPS) is 14.5. The number of nitrogens with one attached hydrogen (secondary N) is 1. The molecule has 1 saturated heterocycles. The van der Waals surface area contributed by atoms with Crippen LogP contribution in [-0.2, 0) is 0 Å². The highest BCUT2D eigenvalue weighted by molar-refractivity contribution is 6.36. The Hall–Kier alpha value is -2.76. The predicted molar refractivity (Wildman–Crippen MR) is 119 cm³/mol. The van der Waals surface area contributed by atoms with Crippen molar-refractivity contribution in [3.63, 3.8) is 0 Å². The average molecular weight is 442 g/mol. The number of aromatic nitrogens is 1. The first-order chi connectivity index (χ1) is 14.5. The zero-order valence-electron chi connectivity index (χ0n) is 16.2. The number of carbonyl (C=O) groups excluding carboxylic acids is 2. The number of benzene rings is 2. The fourth-order valence-electron chi connectivity index (χ4n) is 3.63. The summed E-state index contributed by atoms with van der Waals surface area (Å²) in [6.45, 7) is 1.19. The van der Waals surface area contributed by atoms with E-state index >= 15 is 0 Å². The Balaban J connectivity index is 1.32. The lowest BCUT2D eigenvalue weighted by atomic mass is 10.0. The van der Waals surface area contributed by atoms with Gasteiger partial charge in [-0.2, -0.15) is 0 Å². The summed E-state index contributed by atoms with van der Waals surface area (Å²) in [6.07, 6.45) is 5.33. The largest absolute Gasteiger partial charge is 0.349 e. The van der Waals surface area contributed by atoms with Crippen LogP contribution in [0.5, 0.6) is 0 Å². The minimum absolute atomic E-state index is 0.00408. The molecule has 5 nitrogen and oxygen atoms in total. The van der Waals surface area contributed by atoms with E-state index in [9.17, 15) is 9.59 Å². The monoisotopic (exact) mass is 441 g/mol. The van der Waals surface area contributed by atoms with Crippen molar-refractivity contribution < 1.29 is 9.59 Å². The van der Waals surface area contributed by atoms with Gasteiger partial charge < -0.3 is 14.8 Å². The zero-order valence-corrected chi connectivity index (χ0v) is 17.7. The Morgan fingerprint density at radius 1 is 0.933 bits per heavy atom. The van der Waals surface area contributed by atoms with E-state index in [2.05, 4.69) is 5.32 Å². The molecular weight excluding hydrogens is 421 g/mol. The van der Waals surface area contributed by atoms with Crippen LogP contribution in [0.1, 0.15) is 33.6 Å². The van der Waals surface area contributed by atoms with Crippen LogP contribution in [0.2, 0.25) is 10.0 Å². The first-order valence-electron chi connectivity index (χ1n) is 9.80. The second-order valence-corrected chi connectivity index (χ2v) is 8.14. The number of likely N-dealkylation sites (tertiary alicyclic amines) is 1. The maximum absolute atomic E-state index is 12.8. The summed E-state index contributed by atoms with van der Waals surface area (Å²) < 4.78 is 2.00. The van der Waals surface area contributed by atoms with Crippen LogP contribution in [0.25, 0.3) is 5.69 Å². The van der Waals surface area contributed by atoms with Gasteiger partial charge in [-0.1, -0.05) is 23.2 Å².